The number of alkyl halides is 3. The molecule has 0 aromatic heterocycles. The summed E-state index contributed by atoms with van der Waals surface area (Å²) in [6.45, 7) is 5.37. The van der Waals surface area contributed by atoms with E-state index in [1.54, 1.807) is 0 Å². The fourth-order valence-electron chi connectivity index (χ4n) is 3.71. The summed E-state index contributed by atoms with van der Waals surface area (Å²) in [7, 11) is 0. The summed E-state index contributed by atoms with van der Waals surface area (Å²) >= 11 is 5.31. The van der Waals surface area contributed by atoms with Gasteiger partial charge in [-0.1, -0.05) is 38.4 Å². The SMILES string of the molecule is Cc1c(F)c(F)c(COC(=O)[C@]2(C)C(C)(C)[C@]2(C)/C=C(\Cl)C(F)(F)F)c(F)c1F. The highest BCUT2D eigenvalue weighted by Crippen LogP contribution is 2.79. The minimum absolute atomic E-state index is 0.697. The molecule has 2 rings (SSSR count). The van der Waals surface area contributed by atoms with Crippen LogP contribution in [0.25, 0.3) is 0 Å². The zero-order chi connectivity index (χ0) is 22.7. The Bertz CT molecular complexity index is 878. The van der Waals surface area contributed by atoms with E-state index < -0.39 is 74.4 Å². The molecule has 0 amide bonds. The molecule has 1 aromatic rings. The van der Waals surface area contributed by atoms with Crippen molar-refractivity contribution in [1.29, 1.82) is 0 Å². The van der Waals surface area contributed by atoms with Crippen LogP contribution in [0, 0.1) is 46.4 Å². The topological polar surface area (TPSA) is 26.3 Å². The Morgan fingerprint density at radius 1 is 1.00 bits per heavy atom. The monoisotopic (exact) mass is 446 g/mol. The van der Waals surface area contributed by atoms with E-state index in [-0.39, 0.29) is 0 Å². The Labute approximate surface area is 167 Å². The second-order valence-corrected chi connectivity index (χ2v) is 8.29. The molecule has 0 spiro atoms. The lowest BCUT2D eigenvalue weighted by atomic mass is 9.95. The molecule has 1 saturated carbocycles. The van der Waals surface area contributed by atoms with Gasteiger partial charge in [0.2, 0.25) is 0 Å². The Hall–Kier alpha value is -1.77. The minimum atomic E-state index is -4.82. The highest BCUT2D eigenvalue weighted by Gasteiger charge is 2.81. The quantitative estimate of drug-likeness (QED) is 0.307. The summed E-state index contributed by atoms with van der Waals surface area (Å²) in [6, 6.07) is 0. The number of hydrogen-bond acceptors (Lipinski definition) is 2. The zero-order valence-electron chi connectivity index (χ0n) is 16.1. The van der Waals surface area contributed by atoms with E-state index in [0.29, 0.717) is 6.08 Å². The first-order valence-corrected chi connectivity index (χ1v) is 8.77. The molecule has 2 nitrogen and oxygen atoms in total. The maximum absolute atomic E-state index is 13.9. The van der Waals surface area contributed by atoms with Crippen LogP contribution in [-0.4, -0.2) is 12.1 Å². The molecule has 1 aromatic carbocycles. The highest BCUT2D eigenvalue weighted by molar-refractivity contribution is 6.30. The van der Waals surface area contributed by atoms with Gasteiger partial charge in [-0.3, -0.25) is 4.79 Å². The lowest BCUT2D eigenvalue weighted by molar-refractivity contribution is -0.153. The number of carbonyl (C=O) groups is 1. The van der Waals surface area contributed by atoms with Crippen molar-refractivity contribution in [2.75, 3.05) is 0 Å². The summed E-state index contributed by atoms with van der Waals surface area (Å²) in [6.07, 6.45) is -4.13. The largest absolute Gasteiger partial charge is 0.460 e. The Kier molecular flexibility index (Phi) is 5.58. The van der Waals surface area contributed by atoms with Crippen molar-refractivity contribution in [1.82, 2.24) is 0 Å². The molecule has 0 radical (unpaired) electrons. The smallest absolute Gasteiger partial charge is 0.426 e. The molecule has 0 heterocycles. The Morgan fingerprint density at radius 3 is 1.86 bits per heavy atom. The first-order chi connectivity index (χ1) is 12.9. The predicted molar refractivity (Wildman–Crippen MR) is 90.8 cm³/mol. The maximum atomic E-state index is 13.9. The number of esters is 1. The number of halogens is 8. The standard InChI is InChI=1S/C19H18ClF7O2/c1-8-11(21)13(23)9(14(24)12(8)22)7-29-15(28)18(5)16(2,3)17(18,4)6-10(20)19(25,26)27/h6H,7H2,1-5H3/b10-6-/t17-,18+/m0/s1. The molecule has 0 saturated heterocycles. The van der Waals surface area contributed by atoms with Gasteiger partial charge in [-0.15, -0.1) is 0 Å². The van der Waals surface area contributed by atoms with Crippen molar-refractivity contribution >= 4 is 17.6 Å². The molecule has 1 fully saturated rings. The maximum Gasteiger partial charge on any atom is 0.426 e. The van der Waals surface area contributed by atoms with Gasteiger partial charge >= 0.3 is 12.1 Å². The van der Waals surface area contributed by atoms with Crippen molar-refractivity contribution in [2.45, 2.75) is 47.4 Å². The molecule has 0 N–H and O–H groups in total. The lowest BCUT2D eigenvalue weighted by Gasteiger charge is -2.17. The average Bonchev–Trinajstić information content (AvgIpc) is 2.96. The first kappa shape index (κ1) is 23.5. The number of ether oxygens (including phenoxy) is 1. The zero-order valence-corrected chi connectivity index (χ0v) is 16.9. The van der Waals surface area contributed by atoms with Crippen LogP contribution in [0.5, 0.6) is 0 Å². The van der Waals surface area contributed by atoms with Crippen LogP contribution < -0.4 is 0 Å². The normalized spacial score (nSPS) is 26.4. The first-order valence-electron chi connectivity index (χ1n) is 8.39. The minimum Gasteiger partial charge on any atom is -0.460 e. The Morgan fingerprint density at radius 2 is 1.45 bits per heavy atom. The molecule has 162 valence electrons. The fraction of sp³-hybridized carbons (Fsp3) is 0.526. The molecule has 1 aliphatic rings. The lowest BCUT2D eigenvalue weighted by Crippen LogP contribution is -2.24. The van der Waals surface area contributed by atoms with Crippen molar-refractivity contribution in [3.63, 3.8) is 0 Å². The highest BCUT2D eigenvalue weighted by atomic mass is 35.5. The third-order valence-corrected chi connectivity index (χ3v) is 6.86. The van der Waals surface area contributed by atoms with Gasteiger partial charge in [-0.25, -0.2) is 17.6 Å². The van der Waals surface area contributed by atoms with E-state index in [9.17, 15) is 35.5 Å². The molecule has 0 aliphatic heterocycles. The van der Waals surface area contributed by atoms with Crippen LogP contribution >= 0.6 is 11.6 Å². The Balaban J connectivity index is 2.33. The fourth-order valence-corrected chi connectivity index (χ4v) is 3.92. The number of benzene rings is 1. The summed E-state index contributed by atoms with van der Waals surface area (Å²) < 4.78 is 98.5. The van der Waals surface area contributed by atoms with E-state index in [4.69, 9.17) is 16.3 Å². The second kappa shape index (κ2) is 6.89. The number of carbonyl (C=O) groups excluding carboxylic acids is 1. The van der Waals surface area contributed by atoms with Crippen LogP contribution in [0.1, 0.15) is 38.8 Å². The summed E-state index contributed by atoms with van der Waals surface area (Å²) in [5.41, 5.74) is -6.01. The van der Waals surface area contributed by atoms with Gasteiger partial charge in [0.1, 0.15) is 11.6 Å². The van der Waals surface area contributed by atoms with Gasteiger partial charge in [0.15, 0.2) is 23.3 Å². The van der Waals surface area contributed by atoms with Crippen molar-refractivity contribution < 1.29 is 40.3 Å². The number of hydrogen-bond donors (Lipinski definition) is 0. The molecule has 10 heteroatoms. The second-order valence-electron chi connectivity index (χ2n) is 7.88. The predicted octanol–water partition coefficient (Wildman–Crippen LogP) is 6.33. The summed E-state index contributed by atoms with van der Waals surface area (Å²) in [5.74, 6) is -7.77. The van der Waals surface area contributed by atoms with Crippen LogP contribution in [0.4, 0.5) is 30.7 Å². The van der Waals surface area contributed by atoms with Gasteiger partial charge in [0.05, 0.1) is 11.0 Å². The third kappa shape index (κ3) is 3.21. The van der Waals surface area contributed by atoms with Crippen molar-refractivity contribution in [2.24, 2.45) is 16.2 Å². The molecule has 29 heavy (non-hydrogen) atoms. The van der Waals surface area contributed by atoms with E-state index >= 15 is 0 Å². The van der Waals surface area contributed by atoms with Crippen LogP contribution in [0.3, 0.4) is 0 Å². The van der Waals surface area contributed by atoms with Crippen molar-refractivity contribution in [3.8, 4) is 0 Å². The summed E-state index contributed by atoms with van der Waals surface area (Å²) in [4.78, 5) is 12.6. The van der Waals surface area contributed by atoms with Gasteiger partial charge in [-0.05, 0) is 19.3 Å². The average molecular weight is 447 g/mol. The van der Waals surface area contributed by atoms with Crippen LogP contribution in [0.15, 0.2) is 11.1 Å². The molecule has 0 unspecified atom stereocenters. The van der Waals surface area contributed by atoms with Gasteiger partial charge in [0.25, 0.3) is 0 Å². The molecular weight excluding hydrogens is 429 g/mol. The third-order valence-electron chi connectivity index (χ3n) is 6.54. The van der Waals surface area contributed by atoms with Crippen LogP contribution in [0.2, 0.25) is 0 Å². The van der Waals surface area contributed by atoms with E-state index in [1.165, 1.54) is 27.7 Å². The van der Waals surface area contributed by atoms with Crippen LogP contribution in [-0.2, 0) is 16.1 Å². The van der Waals surface area contributed by atoms with Gasteiger partial charge in [0, 0.05) is 11.0 Å². The summed E-state index contributed by atoms with van der Waals surface area (Å²) in [5, 5.41) is -1.43. The molecule has 1 aliphatic carbocycles. The molecular formula is C19H18ClF7O2. The van der Waals surface area contributed by atoms with E-state index in [0.717, 1.165) is 6.92 Å². The van der Waals surface area contributed by atoms with E-state index in [1.807, 2.05) is 0 Å². The van der Waals surface area contributed by atoms with Gasteiger partial charge < -0.3 is 4.74 Å². The van der Waals surface area contributed by atoms with E-state index in [2.05, 4.69) is 0 Å². The number of allylic oxidation sites excluding steroid dienone is 2. The van der Waals surface area contributed by atoms with Gasteiger partial charge in [-0.2, -0.15) is 13.2 Å². The number of rotatable bonds is 4. The van der Waals surface area contributed by atoms with Crippen molar-refractivity contribution in [3.05, 3.63) is 45.5 Å². The molecule has 2 atom stereocenters. The molecule has 0 bridgehead atoms.